The summed E-state index contributed by atoms with van der Waals surface area (Å²) in [5.41, 5.74) is 1.47. The minimum Gasteiger partial charge on any atom is -0.324 e. The van der Waals surface area contributed by atoms with Gasteiger partial charge in [-0.2, -0.15) is 5.10 Å². The van der Waals surface area contributed by atoms with Crippen LogP contribution in [0.2, 0.25) is 0 Å². The molecule has 0 fully saturated rings. The molecule has 10 nitrogen and oxygen atoms in total. The zero-order chi connectivity index (χ0) is 21.4. The Balaban J connectivity index is 1.59. The average molecular weight is 410 g/mol. The summed E-state index contributed by atoms with van der Waals surface area (Å²) in [6, 6.07) is 5.06. The first kappa shape index (κ1) is 19.7. The van der Waals surface area contributed by atoms with E-state index in [1.165, 1.54) is 11.6 Å². The number of nitro groups is 1. The fraction of sp³-hybridized carbons (Fsp3) is 0.400. The topological polar surface area (TPSA) is 125 Å². The van der Waals surface area contributed by atoms with Crippen LogP contribution in [-0.2, 0) is 24.3 Å². The van der Waals surface area contributed by atoms with Crippen LogP contribution in [0.5, 0.6) is 0 Å². The molecule has 0 aliphatic carbocycles. The minimum atomic E-state index is -0.501. The normalized spacial score (nSPS) is 13.7. The third kappa shape index (κ3) is 3.56. The number of anilines is 1. The number of rotatable bonds is 4. The van der Waals surface area contributed by atoms with Crippen LogP contribution in [0.4, 0.5) is 11.4 Å². The number of hydrogen-bond donors (Lipinski definition) is 1. The van der Waals surface area contributed by atoms with Crippen molar-refractivity contribution in [2.45, 2.75) is 52.6 Å². The molecule has 10 heteroatoms. The molecule has 0 atom stereocenters. The van der Waals surface area contributed by atoms with Crippen molar-refractivity contribution in [3.63, 3.8) is 0 Å². The average Bonchev–Trinajstić information content (AvgIpc) is 2.84. The number of carbonyl (C=O) groups excluding carboxylic acids is 1. The molecule has 0 spiro atoms. The Morgan fingerprint density at radius 3 is 2.80 bits per heavy atom. The summed E-state index contributed by atoms with van der Waals surface area (Å²) in [4.78, 5) is 40.7. The van der Waals surface area contributed by atoms with Gasteiger partial charge in [0.1, 0.15) is 23.8 Å². The standard InChI is InChI=1S/C20H22N6O4/c1-12-19(26(29)30)13(2)25(23-12)11-18(27)21-14-7-8-16-15(10-14)20(28)24-9-5-3-4-6-17(24)22-16/h7-8,10H,3-6,9,11H2,1-2H3,(H,21,27). The number of aryl methyl sites for hydroxylation is 2. The number of hydrogen-bond acceptors (Lipinski definition) is 6. The van der Waals surface area contributed by atoms with Crippen LogP contribution in [-0.4, -0.2) is 30.2 Å². The molecule has 1 aromatic carbocycles. The van der Waals surface area contributed by atoms with Gasteiger partial charge >= 0.3 is 5.69 Å². The molecule has 156 valence electrons. The van der Waals surface area contributed by atoms with Gasteiger partial charge in [-0.05, 0) is 44.9 Å². The lowest BCUT2D eigenvalue weighted by Gasteiger charge is -2.11. The quantitative estimate of drug-likeness (QED) is 0.520. The van der Waals surface area contributed by atoms with E-state index in [1.54, 1.807) is 29.7 Å². The second-order valence-corrected chi connectivity index (χ2v) is 7.51. The van der Waals surface area contributed by atoms with Crippen molar-refractivity contribution in [1.29, 1.82) is 0 Å². The largest absolute Gasteiger partial charge is 0.324 e. The summed E-state index contributed by atoms with van der Waals surface area (Å²) in [5, 5.41) is 18.4. The molecule has 1 aliphatic rings. The van der Waals surface area contributed by atoms with Crippen molar-refractivity contribution in [2.75, 3.05) is 5.32 Å². The second kappa shape index (κ2) is 7.69. The highest BCUT2D eigenvalue weighted by Crippen LogP contribution is 2.22. The summed E-state index contributed by atoms with van der Waals surface area (Å²) < 4.78 is 3.04. The van der Waals surface area contributed by atoms with Gasteiger partial charge in [0, 0.05) is 18.7 Å². The van der Waals surface area contributed by atoms with Crippen molar-refractivity contribution < 1.29 is 9.72 Å². The summed E-state index contributed by atoms with van der Waals surface area (Å²) in [5.74, 6) is 0.422. The molecule has 0 unspecified atom stereocenters. The molecule has 2 aromatic heterocycles. The van der Waals surface area contributed by atoms with Gasteiger partial charge in [-0.3, -0.25) is 29.0 Å². The predicted molar refractivity (Wildman–Crippen MR) is 111 cm³/mol. The molecule has 0 saturated heterocycles. The van der Waals surface area contributed by atoms with Crippen molar-refractivity contribution in [1.82, 2.24) is 19.3 Å². The number of benzene rings is 1. The highest BCUT2D eigenvalue weighted by Gasteiger charge is 2.23. The van der Waals surface area contributed by atoms with Crippen LogP contribution in [0.25, 0.3) is 10.9 Å². The maximum Gasteiger partial charge on any atom is 0.312 e. The molecule has 0 radical (unpaired) electrons. The molecule has 0 bridgehead atoms. The van der Waals surface area contributed by atoms with Crippen molar-refractivity contribution in [2.24, 2.45) is 0 Å². The molecule has 3 aromatic rings. The third-order valence-electron chi connectivity index (χ3n) is 5.42. The lowest BCUT2D eigenvalue weighted by atomic mass is 10.2. The third-order valence-corrected chi connectivity index (χ3v) is 5.42. The number of carbonyl (C=O) groups is 1. The molecular weight excluding hydrogens is 388 g/mol. The Morgan fingerprint density at radius 2 is 2.07 bits per heavy atom. The lowest BCUT2D eigenvalue weighted by molar-refractivity contribution is -0.386. The maximum absolute atomic E-state index is 12.9. The minimum absolute atomic E-state index is 0.0895. The van der Waals surface area contributed by atoms with Gasteiger partial charge in [0.15, 0.2) is 0 Å². The molecule has 1 amide bonds. The number of nitrogens with one attached hydrogen (secondary N) is 1. The van der Waals surface area contributed by atoms with Gasteiger partial charge in [-0.15, -0.1) is 0 Å². The first-order valence-corrected chi connectivity index (χ1v) is 9.87. The number of nitrogens with zero attached hydrogens (tertiary/aromatic N) is 5. The van der Waals surface area contributed by atoms with E-state index in [2.05, 4.69) is 15.4 Å². The molecular formula is C20H22N6O4. The Hall–Kier alpha value is -3.56. The van der Waals surface area contributed by atoms with Crippen molar-refractivity contribution >= 4 is 28.2 Å². The van der Waals surface area contributed by atoms with Crippen LogP contribution in [0, 0.1) is 24.0 Å². The zero-order valence-electron chi connectivity index (χ0n) is 16.8. The second-order valence-electron chi connectivity index (χ2n) is 7.51. The number of aromatic nitrogens is 4. The highest BCUT2D eigenvalue weighted by atomic mass is 16.6. The first-order valence-electron chi connectivity index (χ1n) is 9.87. The Labute approximate surface area is 171 Å². The van der Waals surface area contributed by atoms with E-state index in [4.69, 9.17) is 0 Å². The Kier molecular flexibility index (Phi) is 5.06. The SMILES string of the molecule is Cc1nn(CC(=O)Nc2ccc3nc4n(c(=O)c3c2)CCCCC4)c(C)c1[N+](=O)[O-]. The number of fused-ring (bicyclic) bond motifs is 2. The molecule has 3 heterocycles. The van der Waals surface area contributed by atoms with Crippen LogP contribution in [0.1, 0.15) is 36.5 Å². The molecule has 4 rings (SSSR count). The van der Waals surface area contributed by atoms with Gasteiger partial charge in [0.05, 0.1) is 15.8 Å². The van der Waals surface area contributed by atoms with Crippen LogP contribution in [0.3, 0.4) is 0 Å². The summed E-state index contributed by atoms with van der Waals surface area (Å²) in [7, 11) is 0. The Bertz CT molecular complexity index is 1230. The van der Waals surface area contributed by atoms with E-state index >= 15 is 0 Å². The molecule has 30 heavy (non-hydrogen) atoms. The van der Waals surface area contributed by atoms with Crippen LogP contribution < -0.4 is 10.9 Å². The Morgan fingerprint density at radius 1 is 1.27 bits per heavy atom. The summed E-state index contributed by atoms with van der Waals surface area (Å²) in [6.07, 6.45) is 3.84. The van der Waals surface area contributed by atoms with Gasteiger partial charge in [-0.25, -0.2) is 4.98 Å². The summed E-state index contributed by atoms with van der Waals surface area (Å²) in [6.45, 7) is 3.58. The maximum atomic E-state index is 12.9. The number of amides is 1. The van der Waals surface area contributed by atoms with Crippen LogP contribution in [0.15, 0.2) is 23.0 Å². The van der Waals surface area contributed by atoms with E-state index in [0.717, 1.165) is 31.5 Å². The van der Waals surface area contributed by atoms with Crippen molar-refractivity contribution in [3.05, 3.63) is 55.9 Å². The molecule has 1 aliphatic heterocycles. The van der Waals surface area contributed by atoms with Crippen molar-refractivity contribution in [3.8, 4) is 0 Å². The smallest absolute Gasteiger partial charge is 0.312 e. The van der Waals surface area contributed by atoms with E-state index in [9.17, 15) is 19.7 Å². The fourth-order valence-electron chi connectivity index (χ4n) is 3.94. The van der Waals surface area contributed by atoms with E-state index in [0.29, 0.717) is 28.8 Å². The van der Waals surface area contributed by atoms with Gasteiger partial charge in [0.2, 0.25) is 5.91 Å². The lowest BCUT2D eigenvalue weighted by Crippen LogP contribution is -2.25. The van der Waals surface area contributed by atoms with Gasteiger partial charge < -0.3 is 5.32 Å². The van der Waals surface area contributed by atoms with Gasteiger partial charge in [-0.1, -0.05) is 6.42 Å². The van der Waals surface area contributed by atoms with Gasteiger partial charge in [0.25, 0.3) is 5.56 Å². The zero-order valence-corrected chi connectivity index (χ0v) is 16.8. The monoisotopic (exact) mass is 410 g/mol. The van der Waals surface area contributed by atoms with E-state index in [-0.39, 0.29) is 23.5 Å². The fourth-order valence-corrected chi connectivity index (χ4v) is 3.94. The first-order chi connectivity index (χ1) is 14.3. The van der Waals surface area contributed by atoms with E-state index < -0.39 is 10.8 Å². The van der Waals surface area contributed by atoms with Crippen LogP contribution >= 0.6 is 0 Å². The molecule has 0 saturated carbocycles. The predicted octanol–water partition coefficient (Wildman–Crippen LogP) is 2.48. The molecule has 1 N–H and O–H groups in total. The summed E-state index contributed by atoms with van der Waals surface area (Å²) >= 11 is 0. The highest BCUT2D eigenvalue weighted by molar-refractivity contribution is 5.93. The van der Waals surface area contributed by atoms with E-state index in [1.807, 2.05) is 0 Å².